The lowest BCUT2D eigenvalue weighted by Crippen LogP contribution is -2.51. The maximum atomic E-state index is 14.6. The van der Waals surface area contributed by atoms with Crippen LogP contribution in [0, 0.1) is 5.82 Å². The average molecular weight is 713 g/mol. The lowest BCUT2D eigenvalue weighted by atomic mass is 10.1. The number of hydrogen-bond donors (Lipinski definition) is 2. The number of carbonyl (C=O) groups excluding carboxylic acids is 2. The summed E-state index contributed by atoms with van der Waals surface area (Å²) in [4.78, 5) is 50.9. The lowest BCUT2D eigenvalue weighted by Gasteiger charge is -2.36. The fraction of sp³-hybridized carbons (Fsp3) is 0.414. The van der Waals surface area contributed by atoms with Crippen LogP contribution in [0.4, 0.5) is 42.1 Å². The lowest BCUT2D eigenvalue weighted by molar-refractivity contribution is -0.144. The molecule has 21 heteroatoms. The minimum absolute atomic E-state index is 0.0278. The number of nitrogens with zero attached hydrogens (tertiary/aromatic N) is 8. The number of benzene rings is 1. The number of hydrogen-bond acceptors (Lipinski definition) is 9. The number of halogens is 7. The third-order valence-corrected chi connectivity index (χ3v) is 8.11. The normalized spacial score (nSPS) is 15.8. The molecular formula is C29H27F7N10O4. The topological polar surface area (TPSA) is 156 Å². The highest BCUT2D eigenvalue weighted by Crippen LogP contribution is 2.32. The zero-order chi connectivity index (χ0) is 36.0. The Morgan fingerprint density at radius 1 is 1.04 bits per heavy atom. The molecule has 50 heavy (non-hydrogen) atoms. The van der Waals surface area contributed by atoms with Crippen LogP contribution < -0.4 is 15.8 Å². The summed E-state index contributed by atoms with van der Waals surface area (Å²) in [7, 11) is 0. The summed E-state index contributed by atoms with van der Waals surface area (Å²) in [6.45, 7) is 1.86. The molecule has 2 amide bonds. The molecule has 2 aliphatic rings. The highest BCUT2D eigenvalue weighted by molar-refractivity contribution is 5.91. The second kappa shape index (κ2) is 13.2. The molecule has 2 aliphatic heterocycles. The molecule has 4 aromatic rings. The predicted octanol–water partition coefficient (Wildman–Crippen LogP) is 3.15. The number of ether oxygens (including phenoxy) is 1. The van der Waals surface area contributed by atoms with Gasteiger partial charge in [-0.05, 0) is 36.6 Å². The van der Waals surface area contributed by atoms with E-state index in [2.05, 4.69) is 25.5 Å². The molecule has 0 aliphatic carbocycles. The average Bonchev–Trinajstić information content (AvgIpc) is 3.76. The van der Waals surface area contributed by atoms with E-state index in [0.717, 1.165) is 10.6 Å². The zero-order valence-corrected chi connectivity index (χ0v) is 26.0. The smallest absolute Gasteiger partial charge is 0.377 e. The van der Waals surface area contributed by atoms with E-state index in [1.54, 1.807) is 23.0 Å². The maximum Gasteiger partial charge on any atom is 0.451 e. The van der Waals surface area contributed by atoms with Crippen LogP contribution >= 0.6 is 0 Å². The fourth-order valence-electron chi connectivity index (χ4n) is 5.68. The van der Waals surface area contributed by atoms with Gasteiger partial charge in [-0.15, -0.1) is 10.2 Å². The second-order valence-electron chi connectivity index (χ2n) is 11.3. The molecule has 1 saturated heterocycles. The van der Waals surface area contributed by atoms with Gasteiger partial charge >= 0.3 is 12.4 Å². The van der Waals surface area contributed by atoms with Gasteiger partial charge < -0.3 is 24.4 Å². The fourth-order valence-corrected chi connectivity index (χ4v) is 5.68. The Bertz CT molecular complexity index is 2040. The first-order chi connectivity index (χ1) is 23.7. The molecular weight excluding hydrogens is 685 g/mol. The van der Waals surface area contributed by atoms with Crippen molar-refractivity contribution in [3.05, 3.63) is 69.2 Å². The van der Waals surface area contributed by atoms with Crippen LogP contribution in [-0.4, -0.2) is 90.5 Å². The predicted molar refractivity (Wildman–Crippen MR) is 160 cm³/mol. The van der Waals surface area contributed by atoms with E-state index in [0.29, 0.717) is 30.4 Å². The Morgan fingerprint density at radius 2 is 1.78 bits per heavy atom. The summed E-state index contributed by atoms with van der Waals surface area (Å²) in [5, 5.41) is 11.8. The first-order valence-corrected chi connectivity index (χ1v) is 15.2. The van der Waals surface area contributed by atoms with Crippen molar-refractivity contribution >= 4 is 34.5 Å². The van der Waals surface area contributed by atoms with Crippen molar-refractivity contribution in [3.63, 3.8) is 0 Å². The SMILES string of the molecule is CCc1c(N2CCN(C(=O)c3n[nH]c(C(F)(F)F)n3)CC2)c(=O)n2nc(C3=CCOCC3)nc2n1CC(=O)Nc1ccc(C(F)(F)F)cc1F. The number of carbonyl (C=O) groups is 2. The van der Waals surface area contributed by atoms with Crippen LogP contribution in [0.1, 0.15) is 46.9 Å². The van der Waals surface area contributed by atoms with E-state index < -0.39 is 65.0 Å². The third-order valence-electron chi connectivity index (χ3n) is 8.11. The van der Waals surface area contributed by atoms with E-state index in [1.165, 1.54) is 9.47 Å². The van der Waals surface area contributed by atoms with Crippen LogP contribution in [0.25, 0.3) is 11.4 Å². The third kappa shape index (κ3) is 6.76. The standard InChI is InChI=1S/C29H27F7N10O4/c1-2-19-21(43-7-9-44(10-8-43)25(49)23-38-26(41-40-23)29(34,35)36)24(48)46-27(39-22(42-46)15-5-11-50-12-6-15)45(19)14-20(47)37-18-4-3-16(13-17(18)30)28(31,32)33/h3-5,13H,2,6-12,14H2,1H3,(H,37,47)(H,38,40,41). The number of rotatable bonds is 7. The molecule has 0 atom stereocenters. The maximum absolute atomic E-state index is 14.6. The number of piperazine rings is 1. The number of nitrogens with one attached hydrogen (secondary N) is 2. The summed E-state index contributed by atoms with van der Waals surface area (Å²) in [5.74, 6) is -4.92. The molecule has 6 rings (SSSR count). The second-order valence-corrected chi connectivity index (χ2v) is 11.3. The van der Waals surface area contributed by atoms with Gasteiger partial charge in [0.2, 0.25) is 23.3 Å². The summed E-state index contributed by atoms with van der Waals surface area (Å²) in [5.41, 5.74) is -1.22. The van der Waals surface area contributed by atoms with Crippen LogP contribution in [0.5, 0.6) is 0 Å². The molecule has 14 nitrogen and oxygen atoms in total. The summed E-state index contributed by atoms with van der Waals surface area (Å²) >= 11 is 0. The van der Waals surface area contributed by atoms with E-state index >= 15 is 0 Å². The molecule has 1 aromatic carbocycles. The summed E-state index contributed by atoms with van der Waals surface area (Å²) in [6.07, 6.45) is -7.27. The van der Waals surface area contributed by atoms with Gasteiger partial charge in [0, 0.05) is 26.2 Å². The van der Waals surface area contributed by atoms with Crippen LogP contribution in [0.3, 0.4) is 0 Å². The zero-order valence-electron chi connectivity index (χ0n) is 26.0. The van der Waals surface area contributed by atoms with Crippen molar-refractivity contribution in [1.82, 2.24) is 39.2 Å². The van der Waals surface area contributed by atoms with Gasteiger partial charge in [-0.2, -0.15) is 40.8 Å². The Morgan fingerprint density at radius 3 is 2.38 bits per heavy atom. The van der Waals surface area contributed by atoms with Crippen molar-refractivity contribution in [1.29, 1.82) is 0 Å². The van der Waals surface area contributed by atoms with E-state index in [4.69, 9.17) is 4.74 Å². The molecule has 0 saturated carbocycles. The van der Waals surface area contributed by atoms with E-state index in [-0.39, 0.29) is 62.6 Å². The Balaban J connectivity index is 1.32. The summed E-state index contributed by atoms with van der Waals surface area (Å²) in [6, 6.07) is 1.68. The molecule has 0 spiro atoms. The highest BCUT2D eigenvalue weighted by Gasteiger charge is 2.37. The Hall–Kier alpha value is -5.34. The number of amides is 2. The number of aromatic nitrogens is 7. The number of fused-ring (bicyclic) bond motifs is 1. The van der Waals surface area contributed by atoms with Crippen molar-refractivity contribution in [2.24, 2.45) is 0 Å². The van der Waals surface area contributed by atoms with Gasteiger partial charge in [-0.3, -0.25) is 19.5 Å². The molecule has 0 unspecified atom stereocenters. The largest absolute Gasteiger partial charge is 0.451 e. The van der Waals surface area contributed by atoms with E-state index in [1.807, 2.05) is 0 Å². The monoisotopic (exact) mass is 712 g/mol. The van der Waals surface area contributed by atoms with Crippen molar-refractivity contribution in [2.75, 3.05) is 49.6 Å². The molecule has 0 radical (unpaired) electrons. The molecule has 266 valence electrons. The minimum Gasteiger partial charge on any atom is -0.377 e. The quantitative estimate of drug-likeness (QED) is 0.275. The molecule has 3 aromatic heterocycles. The molecule has 0 bridgehead atoms. The van der Waals surface area contributed by atoms with Crippen molar-refractivity contribution in [3.8, 4) is 0 Å². The van der Waals surface area contributed by atoms with Gasteiger partial charge in [0.1, 0.15) is 18.0 Å². The van der Waals surface area contributed by atoms with Gasteiger partial charge in [0.05, 0.1) is 30.2 Å². The molecule has 2 N–H and O–H groups in total. The molecule has 5 heterocycles. The number of anilines is 2. The first kappa shape index (κ1) is 34.5. The van der Waals surface area contributed by atoms with Gasteiger partial charge in [-0.1, -0.05) is 13.0 Å². The van der Waals surface area contributed by atoms with Crippen LogP contribution in [0.2, 0.25) is 0 Å². The van der Waals surface area contributed by atoms with Crippen molar-refractivity contribution in [2.45, 2.75) is 38.7 Å². The van der Waals surface area contributed by atoms with Crippen molar-refractivity contribution < 1.29 is 45.1 Å². The first-order valence-electron chi connectivity index (χ1n) is 15.2. The van der Waals surface area contributed by atoms with Gasteiger partial charge in [0.15, 0.2) is 5.82 Å². The Kier molecular flexibility index (Phi) is 9.10. The highest BCUT2D eigenvalue weighted by atomic mass is 19.4. The number of alkyl halides is 6. The van der Waals surface area contributed by atoms with Crippen LogP contribution in [0.15, 0.2) is 29.1 Å². The summed E-state index contributed by atoms with van der Waals surface area (Å²) < 4.78 is 100. The van der Waals surface area contributed by atoms with Gasteiger partial charge in [-0.25, -0.2) is 4.39 Å². The van der Waals surface area contributed by atoms with Gasteiger partial charge in [0.25, 0.3) is 11.5 Å². The Labute approximate surface area is 276 Å². The van der Waals surface area contributed by atoms with E-state index in [9.17, 15) is 45.1 Å². The number of H-pyrrole nitrogens is 1. The minimum atomic E-state index is -4.83. The molecule has 1 fully saturated rings. The van der Waals surface area contributed by atoms with Crippen LogP contribution in [-0.2, 0) is 34.8 Å². The number of aromatic amines is 1.